The Hall–Kier alpha value is -2.32. The summed E-state index contributed by atoms with van der Waals surface area (Å²) in [5.41, 5.74) is 0.854. The summed E-state index contributed by atoms with van der Waals surface area (Å²) < 4.78 is 7.51. The van der Waals surface area contributed by atoms with Crippen molar-refractivity contribution in [2.24, 2.45) is 5.92 Å². The van der Waals surface area contributed by atoms with Gasteiger partial charge in [0.05, 0.1) is 23.4 Å². The first-order valence-electron chi connectivity index (χ1n) is 9.22. The van der Waals surface area contributed by atoms with Crippen LogP contribution in [0.2, 0.25) is 0 Å². The molecule has 0 radical (unpaired) electrons. The van der Waals surface area contributed by atoms with Crippen LogP contribution in [-0.4, -0.2) is 39.6 Å². The number of nitrogens with one attached hydrogen (secondary N) is 1. The zero-order valence-corrected chi connectivity index (χ0v) is 17.4. The van der Waals surface area contributed by atoms with Gasteiger partial charge in [0.2, 0.25) is 5.91 Å². The number of aromatic nitrogens is 3. The van der Waals surface area contributed by atoms with E-state index < -0.39 is 0 Å². The number of methoxy groups -OCH3 is 1. The Morgan fingerprint density at radius 3 is 2.86 bits per heavy atom. The number of ether oxygens (including phenoxy) is 1. The molecular weight excluding hydrogens is 392 g/mol. The highest BCUT2D eigenvalue weighted by Crippen LogP contribution is 2.34. The highest BCUT2D eigenvalue weighted by atomic mass is 32.2. The summed E-state index contributed by atoms with van der Waals surface area (Å²) in [6, 6.07) is 12.0. The third-order valence-electron chi connectivity index (χ3n) is 4.75. The summed E-state index contributed by atoms with van der Waals surface area (Å²) in [4.78, 5) is 13.4. The van der Waals surface area contributed by atoms with Crippen molar-refractivity contribution in [3.05, 3.63) is 41.8 Å². The number of carbonyl (C=O) groups is 1. The van der Waals surface area contributed by atoms with Crippen molar-refractivity contribution in [1.29, 1.82) is 0 Å². The van der Waals surface area contributed by atoms with Gasteiger partial charge in [-0.1, -0.05) is 30.0 Å². The summed E-state index contributed by atoms with van der Waals surface area (Å²) in [6.45, 7) is 2.08. The molecule has 1 aromatic carbocycles. The van der Waals surface area contributed by atoms with Crippen LogP contribution in [0.25, 0.3) is 16.4 Å². The Morgan fingerprint density at radius 1 is 1.32 bits per heavy atom. The van der Waals surface area contributed by atoms with E-state index in [2.05, 4.69) is 22.4 Å². The lowest BCUT2D eigenvalue weighted by atomic mass is 10.2. The van der Waals surface area contributed by atoms with Gasteiger partial charge in [0.15, 0.2) is 11.0 Å². The van der Waals surface area contributed by atoms with E-state index in [0.29, 0.717) is 16.8 Å². The number of rotatable bonds is 8. The van der Waals surface area contributed by atoms with Gasteiger partial charge in [0.1, 0.15) is 5.75 Å². The Bertz CT molecular complexity index is 951. The lowest BCUT2D eigenvalue weighted by molar-refractivity contribution is -0.119. The predicted molar refractivity (Wildman–Crippen MR) is 112 cm³/mol. The zero-order chi connectivity index (χ0) is 19.5. The van der Waals surface area contributed by atoms with Crippen LogP contribution in [0.5, 0.6) is 5.75 Å². The number of amides is 1. The van der Waals surface area contributed by atoms with Crippen LogP contribution in [0.15, 0.2) is 46.9 Å². The molecule has 1 aliphatic rings. The van der Waals surface area contributed by atoms with Gasteiger partial charge >= 0.3 is 0 Å². The fourth-order valence-electron chi connectivity index (χ4n) is 3.10. The maximum absolute atomic E-state index is 12.4. The molecule has 1 N–H and O–H groups in total. The molecule has 0 aliphatic heterocycles. The highest BCUT2D eigenvalue weighted by molar-refractivity contribution is 7.99. The fraction of sp³-hybridized carbons (Fsp3) is 0.350. The van der Waals surface area contributed by atoms with Gasteiger partial charge < -0.3 is 10.1 Å². The third kappa shape index (κ3) is 4.07. The molecule has 0 spiro atoms. The van der Waals surface area contributed by atoms with E-state index in [1.54, 1.807) is 18.4 Å². The second-order valence-electron chi connectivity index (χ2n) is 6.77. The van der Waals surface area contributed by atoms with Crippen molar-refractivity contribution >= 4 is 29.0 Å². The third-order valence-corrected chi connectivity index (χ3v) is 6.55. The molecule has 0 unspecified atom stereocenters. The minimum atomic E-state index is 0.0247. The Labute approximate surface area is 172 Å². The summed E-state index contributed by atoms with van der Waals surface area (Å²) in [5.74, 6) is 2.44. The van der Waals surface area contributed by atoms with Crippen molar-refractivity contribution in [3.63, 3.8) is 0 Å². The molecule has 0 saturated heterocycles. The summed E-state index contributed by atoms with van der Waals surface area (Å²) >= 11 is 2.99. The molecule has 1 atom stereocenters. The molecule has 2 heterocycles. The van der Waals surface area contributed by atoms with Gasteiger partial charge in [-0.3, -0.25) is 9.36 Å². The Morgan fingerprint density at radius 2 is 2.14 bits per heavy atom. The minimum Gasteiger partial charge on any atom is -0.495 e. The van der Waals surface area contributed by atoms with Gasteiger partial charge in [-0.15, -0.1) is 21.5 Å². The second kappa shape index (κ2) is 8.36. The van der Waals surface area contributed by atoms with E-state index in [0.717, 1.165) is 22.1 Å². The molecule has 28 heavy (non-hydrogen) atoms. The van der Waals surface area contributed by atoms with E-state index in [4.69, 9.17) is 4.74 Å². The van der Waals surface area contributed by atoms with Gasteiger partial charge in [-0.2, -0.15) is 0 Å². The van der Waals surface area contributed by atoms with Crippen molar-refractivity contribution in [2.75, 3.05) is 12.9 Å². The number of hydrogen-bond donors (Lipinski definition) is 1. The average molecular weight is 415 g/mol. The summed E-state index contributed by atoms with van der Waals surface area (Å²) in [7, 11) is 1.65. The van der Waals surface area contributed by atoms with Gasteiger partial charge in [0.25, 0.3) is 0 Å². The van der Waals surface area contributed by atoms with E-state index >= 15 is 0 Å². The molecule has 1 amide bonds. The van der Waals surface area contributed by atoms with Crippen molar-refractivity contribution < 1.29 is 9.53 Å². The van der Waals surface area contributed by atoms with Gasteiger partial charge in [-0.05, 0) is 49.3 Å². The van der Waals surface area contributed by atoms with Crippen LogP contribution < -0.4 is 10.1 Å². The molecule has 1 aliphatic carbocycles. The highest BCUT2D eigenvalue weighted by Gasteiger charge is 2.29. The van der Waals surface area contributed by atoms with E-state index in [1.165, 1.54) is 24.6 Å². The molecule has 4 rings (SSSR count). The average Bonchev–Trinajstić information content (AvgIpc) is 3.26. The number of thiophene rings is 1. The van der Waals surface area contributed by atoms with E-state index in [-0.39, 0.29) is 11.9 Å². The molecule has 2 aromatic heterocycles. The largest absolute Gasteiger partial charge is 0.495 e. The topological polar surface area (TPSA) is 69.0 Å². The summed E-state index contributed by atoms with van der Waals surface area (Å²) in [6.07, 6.45) is 2.42. The van der Waals surface area contributed by atoms with Crippen LogP contribution in [-0.2, 0) is 4.79 Å². The number of nitrogens with zero attached hydrogens (tertiary/aromatic N) is 3. The maximum atomic E-state index is 12.4. The quantitative estimate of drug-likeness (QED) is 0.564. The van der Waals surface area contributed by atoms with Crippen molar-refractivity contribution in [2.45, 2.75) is 31.0 Å². The standard InChI is InChI=1S/C20H22N4O2S2/c1-13(14-9-10-14)21-18(25)12-28-20-23-22-19(17-8-5-11-27-17)24(20)15-6-3-4-7-16(15)26-2/h3-8,11,13-14H,9-10,12H2,1-2H3,(H,21,25)/t13-/m1/s1. The number of hydrogen-bond acceptors (Lipinski definition) is 6. The number of benzene rings is 1. The van der Waals surface area contributed by atoms with Crippen LogP contribution in [0.3, 0.4) is 0 Å². The smallest absolute Gasteiger partial charge is 0.230 e. The Balaban J connectivity index is 1.61. The molecule has 8 heteroatoms. The second-order valence-corrected chi connectivity index (χ2v) is 8.66. The van der Waals surface area contributed by atoms with Crippen molar-refractivity contribution in [1.82, 2.24) is 20.1 Å². The predicted octanol–water partition coefficient (Wildman–Crippen LogP) is 4.01. The lowest BCUT2D eigenvalue weighted by Crippen LogP contribution is -2.35. The summed E-state index contributed by atoms with van der Waals surface area (Å²) in [5, 5.41) is 14.5. The van der Waals surface area contributed by atoms with Gasteiger partial charge in [0, 0.05) is 6.04 Å². The first-order chi connectivity index (χ1) is 13.7. The molecule has 1 saturated carbocycles. The fourth-order valence-corrected chi connectivity index (χ4v) is 4.55. The number of carbonyl (C=O) groups excluding carboxylic acids is 1. The normalized spacial score (nSPS) is 14.6. The van der Waals surface area contributed by atoms with Crippen LogP contribution in [0.4, 0.5) is 0 Å². The van der Waals surface area contributed by atoms with Crippen molar-refractivity contribution in [3.8, 4) is 22.1 Å². The van der Waals surface area contributed by atoms with Crippen LogP contribution in [0.1, 0.15) is 19.8 Å². The first-order valence-corrected chi connectivity index (χ1v) is 11.1. The first kappa shape index (κ1) is 19.0. The molecule has 0 bridgehead atoms. The molecule has 3 aromatic rings. The number of para-hydroxylation sites is 2. The van der Waals surface area contributed by atoms with E-state index in [1.807, 2.05) is 46.3 Å². The molecule has 1 fully saturated rings. The lowest BCUT2D eigenvalue weighted by Gasteiger charge is -2.14. The SMILES string of the molecule is COc1ccccc1-n1c(SCC(=O)N[C@H](C)C2CC2)nnc1-c1cccs1. The zero-order valence-electron chi connectivity index (χ0n) is 15.8. The maximum Gasteiger partial charge on any atom is 0.230 e. The molecule has 6 nitrogen and oxygen atoms in total. The monoisotopic (exact) mass is 414 g/mol. The number of thioether (sulfide) groups is 1. The molecular formula is C20H22N4O2S2. The molecule has 146 valence electrons. The van der Waals surface area contributed by atoms with Crippen LogP contribution in [0, 0.1) is 5.92 Å². The van der Waals surface area contributed by atoms with E-state index in [9.17, 15) is 4.79 Å². The minimum absolute atomic E-state index is 0.0247. The van der Waals surface area contributed by atoms with Crippen LogP contribution >= 0.6 is 23.1 Å². The Kier molecular flexibility index (Phi) is 5.68. The van der Waals surface area contributed by atoms with Gasteiger partial charge in [-0.25, -0.2) is 0 Å².